The van der Waals surface area contributed by atoms with E-state index < -0.39 is 11.8 Å². The van der Waals surface area contributed by atoms with Crippen molar-refractivity contribution in [3.05, 3.63) is 60.2 Å². The number of hydrogen-bond acceptors (Lipinski definition) is 5. The molecule has 148 valence electrons. The number of carbonyl (C=O) groups is 2. The zero-order valence-corrected chi connectivity index (χ0v) is 15.8. The molecule has 28 heavy (non-hydrogen) atoms. The first kappa shape index (κ1) is 19.8. The predicted octanol–water partition coefficient (Wildman–Crippen LogP) is 0.946. The molecule has 1 aliphatic rings. The first-order valence-corrected chi connectivity index (χ1v) is 9.23. The topological polar surface area (TPSA) is 77.6 Å². The van der Waals surface area contributed by atoms with Crippen molar-refractivity contribution < 1.29 is 14.0 Å². The van der Waals surface area contributed by atoms with Gasteiger partial charge in [0.05, 0.1) is 11.7 Å². The molecular weight excluding hydrogens is 361 g/mol. The standard InChI is InChI=1S/C20H24FN5O2/c1-22-19(27)20(28)24-14-18(15-5-4-8-23-13-15)26-11-9-25(10-12-26)17-7-3-2-6-16(17)21/h2-8,13,18H,9-12,14H2,1H3,(H,22,27)(H,24,28)/t18-/m0/s1. The van der Waals surface area contributed by atoms with Gasteiger partial charge in [-0.3, -0.25) is 19.5 Å². The Morgan fingerprint density at radius 3 is 2.50 bits per heavy atom. The van der Waals surface area contributed by atoms with Gasteiger partial charge in [0.1, 0.15) is 5.82 Å². The van der Waals surface area contributed by atoms with E-state index in [9.17, 15) is 14.0 Å². The Balaban J connectivity index is 1.68. The molecule has 1 aliphatic heterocycles. The molecule has 0 saturated carbocycles. The van der Waals surface area contributed by atoms with Gasteiger partial charge in [0.25, 0.3) is 0 Å². The van der Waals surface area contributed by atoms with Crippen LogP contribution in [0.25, 0.3) is 0 Å². The summed E-state index contributed by atoms with van der Waals surface area (Å²) in [6, 6.07) is 10.4. The average Bonchev–Trinajstić information content (AvgIpc) is 2.75. The van der Waals surface area contributed by atoms with Gasteiger partial charge in [0, 0.05) is 52.2 Å². The molecule has 1 atom stereocenters. The number of halogens is 1. The van der Waals surface area contributed by atoms with Gasteiger partial charge < -0.3 is 15.5 Å². The molecule has 2 heterocycles. The number of likely N-dealkylation sites (N-methyl/N-ethyl adjacent to an activating group) is 1. The number of aromatic nitrogens is 1. The first-order valence-electron chi connectivity index (χ1n) is 9.23. The van der Waals surface area contributed by atoms with Crippen molar-refractivity contribution in [2.24, 2.45) is 0 Å². The molecule has 8 heteroatoms. The van der Waals surface area contributed by atoms with Crippen LogP contribution >= 0.6 is 0 Å². The van der Waals surface area contributed by atoms with Crippen molar-refractivity contribution in [1.82, 2.24) is 20.5 Å². The SMILES string of the molecule is CNC(=O)C(=O)NC[C@@H](c1cccnc1)N1CCN(c2ccccc2F)CC1. The fourth-order valence-corrected chi connectivity index (χ4v) is 3.40. The van der Waals surface area contributed by atoms with Gasteiger partial charge in [-0.2, -0.15) is 0 Å². The van der Waals surface area contributed by atoms with E-state index in [2.05, 4.69) is 20.5 Å². The second-order valence-corrected chi connectivity index (χ2v) is 6.57. The molecule has 0 bridgehead atoms. The Kier molecular flexibility index (Phi) is 6.54. The monoisotopic (exact) mass is 385 g/mol. The molecule has 1 saturated heterocycles. The van der Waals surface area contributed by atoms with Crippen LogP contribution in [-0.4, -0.2) is 61.5 Å². The number of benzene rings is 1. The van der Waals surface area contributed by atoms with Crippen LogP contribution in [0.3, 0.4) is 0 Å². The van der Waals surface area contributed by atoms with Crippen molar-refractivity contribution >= 4 is 17.5 Å². The molecule has 0 aliphatic carbocycles. The van der Waals surface area contributed by atoms with Crippen LogP contribution in [0.1, 0.15) is 11.6 Å². The maximum atomic E-state index is 14.1. The molecular formula is C20H24FN5O2. The Morgan fingerprint density at radius 1 is 1.11 bits per heavy atom. The lowest BCUT2D eigenvalue weighted by Crippen LogP contribution is -2.51. The van der Waals surface area contributed by atoms with Crippen LogP contribution < -0.4 is 15.5 Å². The Labute approximate surface area is 163 Å². The molecule has 1 aromatic heterocycles. The minimum Gasteiger partial charge on any atom is -0.367 e. The molecule has 2 aromatic rings. The highest BCUT2D eigenvalue weighted by molar-refractivity contribution is 6.35. The highest BCUT2D eigenvalue weighted by Crippen LogP contribution is 2.25. The fourth-order valence-electron chi connectivity index (χ4n) is 3.40. The Hall–Kier alpha value is -3.00. The lowest BCUT2D eigenvalue weighted by atomic mass is 10.1. The summed E-state index contributed by atoms with van der Waals surface area (Å²) in [4.78, 5) is 31.8. The predicted molar refractivity (Wildman–Crippen MR) is 104 cm³/mol. The molecule has 0 spiro atoms. The second kappa shape index (κ2) is 9.27. The molecule has 7 nitrogen and oxygen atoms in total. The van der Waals surface area contributed by atoms with Crippen LogP contribution in [-0.2, 0) is 9.59 Å². The van der Waals surface area contributed by atoms with Crippen LogP contribution in [0.5, 0.6) is 0 Å². The van der Waals surface area contributed by atoms with Crippen molar-refractivity contribution in [1.29, 1.82) is 0 Å². The molecule has 2 amide bonds. The quantitative estimate of drug-likeness (QED) is 0.750. The van der Waals surface area contributed by atoms with Gasteiger partial charge in [0.2, 0.25) is 0 Å². The number of rotatable bonds is 5. The molecule has 1 fully saturated rings. The van der Waals surface area contributed by atoms with Gasteiger partial charge >= 0.3 is 11.8 Å². The normalized spacial score (nSPS) is 15.7. The lowest BCUT2D eigenvalue weighted by molar-refractivity contribution is -0.139. The summed E-state index contributed by atoms with van der Waals surface area (Å²) < 4.78 is 14.1. The number of nitrogens with one attached hydrogen (secondary N) is 2. The van der Waals surface area contributed by atoms with Crippen LogP contribution in [0.4, 0.5) is 10.1 Å². The van der Waals surface area contributed by atoms with E-state index in [0.717, 1.165) is 5.56 Å². The molecule has 3 rings (SSSR count). The molecule has 2 N–H and O–H groups in total. The fraction of sp³-hybridized carbons (Fsp3) is 0.350. The van der Waals surface area contributed by atoms with Crippen LogP contribution in [0.15, 0.2) is 48.8 Å². The summed E-state index contributed by atoms with van der Waals surface area (Å²) >= 11 is 0. The van der Waals surface area contributed by atoms with E-state index in [1.807, 2.05) is 23.1 Å². The maximum absolute atomic E-state index is 14.1. The summed E-state index contributed by atoms with van der Waals surface area (Å²) in [6.45, 7) is 3.02. The molecule has 0 radical (unpaired) electrons. The number of carbonyl (C=O) groups excluding carboxylic acids is 2. The maximum Gasteiger partial charge on any atom is 0.309 e. The summed E-state index contributed by atoms with van der Waals surface area (Å²) in [5.41, 5.74) is 1.56. The number of hydrogen-bond donors (Lipinski definition) is 2. The van der Waals surface area contributed by atoms with E-state index in [1.54, 1.807) is 24.5 Å². The smallest absolute Gasteiger partial charge is 0.309 e. The third kappa shape index (κ3) is 4.64. The van der Waals surface area contributed by atoms with Crippen LogP contribution in [0, 0.1) is 5.82 Å². The largest absolute Gasteiger partial charge is 0.367 e. The molecule has 0 unspecified atom stereocenters. The second-order valence-electron chi connectivity index (χ2n) is 6.57. The third-order valence-electron chi connectivity index (χ3n) is 4.91. The van der Waals surface area contributed by atoms with E-state index in [0.29, 0.717) is 31.9 Å². The number of para-hydroxylation sites is 1. The number of piperazine rings is 1. The minimum atomic E-state index is -0.672. The van der Waals surface area contributed by atoms with E-state index in [1.165, 1.54) is 13.1 Å². The summed E-state index contributed by atoms with van der Waals surface area (Å²) in [7, 11) is 1.42. The van der Waals surface area contributed by atoms with Crippen molar-refractivity contribution in [2.75, 3.05) is 44.7 Å². The zero-order chi connectivity index (χ0) is 19.9. The Bertz CT molecular complexity index is 809. The van der Waals surface area contributed by atoms with Crippen molar-refractivity contribution in [3.8, 4) is 0 Å². The average molecular weight is 385 g/mol. The summed E-state index contributed by atoms with van der Waals surface area (Å²) in [5, 5.41) is 5.01. The van der Waals surface area contributed by atoms with Crippen molar-refractivity contribution in [3.63, 3.8) is 0 Å². The molecule has 1 aromatic carbocycles. The van der Waals surface area contributed by atoms with Gasteiger partial charge in [-0.1, -0.05) is 18.2 Å². The van der Waals surface area contributed by atoms with Crippen molar-refractivity contribution in [2.45, 2.75) is 6.04 Å². The van der Waals surface area contributed by atoms with Gasteiger partial charge in [-0.05, 0) is 23.8 Å². The van der Waals surface area contributed by atoms with Gasteiger partial charge in [-0.25, -0.2) is 4.39 Å². The number of pyridine rings is 1. The number of anilines is 1. The van der Waals surface area contributed by atoms with E-state index >= 15 is 0 Å². The summed E-state index contributed by atoms with van der Waals surface area (Å²) in [6.07, 6.45) is 3.46. The Morgan fingerprint density at radius 2 is 1.86 bits per heavy atom. The minimum absolute atomic E-state index is 0.120. The number of nitrogens with zero attached hydrogens (tertiary/aromatic N) is 3. The summed E-state index contributed by atoms with van der Waals surface area (Å²) in [5.74, 6) is -1.56. The van der Waals surface area contributed by atoms with Crippen LogP contribution in [0.2, 0.25) is 0 Å². The van der Waals surface area contributed by atoms with E-state index in [4.69, 9.17) is 0 Å². The number of amides is 2. The first-order chi connectivity index (χ1) is 13.6. The van der Waals surface area contributed by atoms with Gasteiger partial charge in [-0.15, -0.1) is 0 Å². The highest BCUT2D eigenvalue weighted by Gasteiger charge is 2.27. The lowest BCUT2D eigenvalue weighted by Gasteiger charge is -2.40. The zero-order valence-electron chi connectivity index (χ0n) is 15.8. The van der Waals surface area contributed by atoms with E-state index in [-0.39, 0.29) is 18.4 Å². The van der Waals surface area contributed by atoms with Gasteiger partial charge in [0.15, 0.2) is 0 Å². The third-order valence-corrected chi connectivity index (χ3v) is 4.91. The highest BCUT2D eigenvalue weighted by atomic mass is 19.1.